The van der Waals surface area contributed by atoms with Crippen LogP contribution in [-0.2, 0) is 11.0 Å². The molecule has 1 aromatic rings. The molecule has 0 aromatic heterocycles. The van der Waals surface area contributed by atoms with E-state index in [-0.39, 0.29) is 28.7 Å². The van der Waals surface area contributed by atoms with Gasteiger partial charge in [0.2, 0.25) is 5.91 Å². The molecule has 1 amide bonds. The lowest BCUT2D eigenvalue weighted by atomic mass is 10.1. The molecule has 0 heterocycles. The van der Waals surface area contributed by atoms with E-state index in [1.807, 2.05) is 20.8 Å². The zero-order valence-corrected chi connectivity index (χ0v) is 13.6. The minimum atomic E-state index is -4.44. The van der Waals surface area contributed by atoms with Crippen LogP contribution in [0.5, 0.6) is 0 Å². The number of carbonyl (C=O) groups is 1. The van der Waals surface area contributed by atoms with Crippen LogP contribution in [-0.4, -0.2) is 18.5 Å². The van der Waals surface area contributed by atoms with Crippen LogP contribution in [0.1, 0.15) is 26.3 Å². The van der Waals surface area contributed by atoms with Crippen molar-refractivity contribution in [3.8, 4) is 0 Å². The van der Waals surface area contributed by atoms with Gasteiger partial charge in [-0.05, 0) is 31.0 Å². The van der Waals surface area contributed by atoms with E-state index in [4.69, 9.17) is 0 Å². The first-order valence-corrected chi connectivity index (χ1v) is 7.30. The Morgan fingerprint density at radius 2 is 1.90 bits per heavy atom. The third-order valence-electron chi connectivity index (χ3n) is 3.11. The number of amides is 1. The highest BCUT2D eigenvalue weighted by atomic mass is 79.9. The number of hydrogen-bond donors (Lipinski definition) is 2. The molecule has 1 unspecified atom stereocenters. The van der Waals surface area contributed by atoms with Crippen LogP contribution in [0.3, 0.4) is 0 Å². The van der Waals surface area contributed by atoms with E-state index >= 15 is 0 Å². The summed E-state index contributed by atoms with van der Waals surface area (Å²) < 4.78 is 38.2. The monoisotopic (exact) mass is 366 g/mol. The zero-order valence-electron chi connectivity index (χ0n) is 12.0. The van der Waals surface area contributed by atoms with Crippen LogP contribution < -0.4 is 10.6 Å². The largest absolute Gasteiger partial charge is 0.417 e. The number of benzene rings is 1. The van der Waals surface area contributed by atoms with E-state index in [0.717, 1.165) is 6.07 Å². The minimum Gasteiger partial charge on any atom is -0.376 e. The number of rotatable bonds is 5. The number of halogens is 4. The van der Waals surface area contributed by atoms with E-state index < -0.39 is 11.7 Å². The van der Waals surface area contributed by atoms with Crippen LogP contribution in [0.4, 0.5) is 18.9 Å². The fourth-order valence-corrected chi connectivity index (χ4v) is 1.98. The summed E-state index contributed by atoms with van der Waals surface area (Å²) in [5.41, 5.74) is -0.527. The molecule has 7 heteroatoms. The van der Waals surface area contributed by atoms with Crippen LogP contribution in [0.2, 0.25) is 0 Å². The molecule has 118 valence electrons. The standard InChI is InChI=1S/C14H18BrF3N2O/c1-8(2)9(3)20-13(21)7-19-10-4-5-12(15)11(6-10)14(16,17)18/h4-6,8-9,19H,7H2,1-3H3,(H,20,21). The minimum absolute atomic E-state index is 0.00922. The maximum absolute atomic E-state index is 12.8. The Labute approximate surface area is 130 Å². The van der Waals surface area contributed by atoms with Gasteiger partial charge in [0, 0.05) is 16.2 Å². The molecule has 0 aliphatic carbocycles. The molecular formula is C14H18BrF3N2O. The molecule has 3 nitrogen and oxygen atoms in total. The zero-order chi connectivity index (χ0) is 16.2. The summed E-state index contributed by atoms with van der Waals surface area (Å²) >= 11 is 2.87. The van der Waals surface area contributed by atoms with Crippen molar-refractivity contribution < 1.29 is 18.0 Å². The van der Waals surface area contributed by atoms with Gasteiger partial charge in [-0.1, -0.05) is 29.8 Å². The molecular weight excluding hydrogens is 349 g/mol. The van der Waals surface area contributed by atoms with Gasteiger partial charge in [0.1, 0.15) is 0 Å². The number of alkyl halides is 3. The molecule has 21 heavy (non-hydrogen) atoms. The van der Waals surface area contributed by atoms with E-state index in [2.05, 4.69) is 26.6 Å². The molecule has 0 bridgehead atoms. The lowest BCUT2D eigenvalue weighted by Crippen LogP contribution is -2.39. The van der Waals surface area contributed by atoms with Gasteiger partial charge in [0.15, 0.2) is 0 Å². The quantitative estimate of drug-likeness (QED) is 0.825. The van der Waals surface area contributed by atoms with E-state index in [9.17, 15) is 18.0 Å². The maximum atomic E-state index is 12.8. The summed E-state index contributed by atoms with van der Waals surface area (Å²) in [7, 11) is 0. The fourth-order valence-electron chi connectivity index (χ4n) is 1.51. The van der Waals surface area contributed by atoms with Gasteiger partial charge < -0.3 is 10.6 Å². The van der Waals surface area contributed by atoms with Crippen molar-refractivity contribution >= 4 is 27.5 Å². The normalized spacial score (nSPS) is 13.1. The molecule has 0 aliphatic rings. The van der Waals surface area contributed by atoms with Gasteiger partial charge in [-0.3, -0.25) is 4.79 Å². The Kier molecular flexibility index (Phi) is 6.07. The van der Waals surface area contributed by atoms with Crippen LogP contribution in [0.25, 0.3) is 0 Å². The highest BCUT2D eigenvalue weighted by molar-refractivity contribution is 9.10. The van der Waals surface area contributed by atoms with Crippen molar-refractivity contribution in [1.82, 2.24) is 5.32 Å². The van der Waals surface area contributed by atoms with Crippen molar-refractivity contribution in [3.05, 3.63) is 28.2 Å². The van der Waals surface area contributed by atoms with Crippen LogP contribution in [0.15, 0.2) is 22.7 Å². The molecule has 2 N–H and O–H groups in total. The Balaban J connectivity index is 2.66. The highest BCUT2D eigenvalue weighted by Gasteiger charge is 2.33. The van der Waals surface area contributed by atoms with E-state index in [1.165, 1.54) is 12.1 Å². The topological polar surface area (TPSA) is 41.1 Å². The fraction of sp³-hybridized carbons (Fsp3) is 0.500. The summed E-state index contributed by atoms with van der Waals surface area (Å²) in [4.78, 5) is 11.7. The van der Waals surface area contributed by atoms with Gasteiger partial charge in [-0.2, -0.15) is 13.2 Å². The first-order valence-electron chi connectivity index (χ1n) is 6.51. The second-order valence-electron chi connectivity index (χ2n) is 5.15. The average Bonchev–Trinajstić information content (AvgIpc) is 2.36. The molecule has 0 aliphatic heterocycles. The average molecular weight is 367 g/mol. The Morgan fingerprint density at radius 1 is 1.29 bits per heavy atom. The Bertz CT molecular complexity index is 503. The highest BCUT2D eigenvalue weighted by Crippen LogP contribution is 2.36. The smallest absolute Gasteiger partial charge is 0.376 e. The second-order valence-corrected chi connectivity index (χ2v) is 6.00. The molecule has 1 atom stereocenters. The third-order valence-corrected chi connectivity index (χ3v) is 3.80. The number of nitrogens with one attached hydrogen (secondary N) is 2. The van der Waals surface area contributed by atoms with Gasteiger partial charge in [0.05, 0.1) is 12.1 Å². The lowest BCUT2D eigenvalue weighted by molar-refractivity contribution is -0.138. The molecule has 1 rings (SSSR count). The molecule has 0 fully saturated rings. The summed E-state index contributed by atoms with van der Waals surface area (Å²) in [6, 6.07) is 3.77. The molecule has 1 aromatic carbocycles. The van der Waals surface area contributed by atoms with Gasteiger partial charge in [-0.25, -0.2) is 0 Å². The SMILES string of the molecule is CC(C)C(C)NC(=O)CNc1ccc(Br)c(C(F)(F)F)c1. The van der Waals surface area contributed by atoms with Crippen molar-refractivity contribution in [2.45, 2.75) is 33.0 Å². The predicted octanol–water partition coefficient (Wildman–Crippen LogP) is 4.04. The van der Waals surface area contributed by atoms with E-state index in [1.54, 1.807) is 0 Å². The second kappa shape index (κ2) is 7.15. The Hall–Kier alpha value is -1.24. The molecule has 0 saturated heterocycles. The van der Waals surface area contributed by atoms with Crippen LogP contribution >= 0.6 is 15.9 Å². The van der Waals surface area contributed by atoms with Crippen molar-refractivity contribution in [1.29, 1.82) is 0 Å². The summed E-state index contributed by atoms with van der Waals surface area (Å²) in [5.74, 6) is 0.0335. The number of anilines is 1. The third kappa shape index (κ3) is 5.57. The van der Waals surface area contributed by atoms with Gasteiger partial charge in [0.25, 0.3) is 0 Å². The number of hydrogen-bond acceptors (Lipinski definition) is 2. The van der Waals surface area contributed by atoms with Crippen LogP contribution in [0, 0.1) is 5.92 Å². The maximum Gasteiger partial charge on any atom is 0.417 e. The molecule has 0 radical (unpaired) electrons. The van der Waals surface area contributed by atoms with Gasteiger partial charge >= 0.3 is 6.18 Å². The number of carbonyl (C=O) groups excluding carboxylic acids is 1. The first-order chi connectivity index (χ1) is 9.61. The summed E-state index contributed by atoms with van der Waals surface area (Å²) in [6.45, 7) is 5.76. The van der Waals surface area contributed by atoms with Crippen molar-refractivity contribution in [2.75, 3.05) is 11.9 Å². The molecule has 0 spiro atoms. The van der Waals surface area contributed by atoms with Crippen molar-refractivity contribution in [2.24, 2.45) is 5.92 Å². The first kappa shape index (κ1) is 17.8. The van der Waals surface area contributed by atoms with E-state index in [0.29, 0.717) is 5.92 Å². The van der Waals surface area contributed by atoms with Crippen molar-refractivity contribution in [3.63, 3.8) is 0 Å². The van der Waals surface area contributed by atoms with Gasteiger partial charge in [-0.15, -0.1) is 0 Å². The summed E-state index contributed by atoms with van der Waals surface area (Å²) in [6.07, 6.45) is -4.44. The lowest BCUT2D eigenvalue weighted by Gasteiger charge is -2.18. The summed E-state index contributed by atoms with van der Waals surface area (Å²) in [5, 5.41) is 5.47. The Morgan fingerprint density at radius 3 is 2.43 bits per heavy atom. The predicted molar refractivity (Wildman–Crippen MR) is 80.1 cm³/mol. The molecule has 0 saturated carbocycles.